The van der Waals surface area contributed by atoms with Crippen molar-refractivity contribution in [3.8, 4) is 17.2 Å². The molecule has 2 aromatic heterocycles. The highest BCUT2D eigenvalue weighted by Gasteiger charge is 2.29. The summed E-state index contributed by atoms with van der Waals surface area (Å²) in [5.41, 5.74) is 3.56. The lowest BCUT2D eigenvalue weighted by Gasteiger charge is -2.26. The maximum atomic E-state index is 12.7. The molecule has 9 heteroatoms. The summed E-state index contributed by atoms with van der Waals surface area (Å²) in [5, 5.41) is 4.23. The number of hydrogen-bond donors (Lipinski definition) is 1. The molecule has 3 heterocycles. The average molecular weight is 527 g/mol. The van der Waals surface area contributed by atoms with E-state index in [-0.39, 0.29) is 11.9 Å². The lowest BCUT2D eigenvalue weighted by Crippen LogP contribution is -2.43. The molecule has 1 N–H and O–H groups in total. The molecule has 1 amide bonds. The van der Waals surface area contributed by atoms with Crippen molar-refractivity contribution in [2.75, 3.05) is 39.1 Å². The number of rotatable bonds is 9. The van der Waals surface area contributed by atoms with Gasteiger partial charge >= 0.3 is 0 Å². The second kappa shape index (κ2) is 11.7. The van der Waals surface area contributed by atoms with Crippen LogP contribution >= 0.6 is 0 Å². The van der Waals surface area contributed by atoms with Gasteiger partial charge in [0.2, 0.25) is 5.91 Å². The number of likely N-dealkylation sites (N-methyl/N-ethyl adjacent to an activating group) is 1. The minimum Gasteiger partial charge on any atom is -0.491 e. The summed E-state index contributed by atoms with van der Waals surface area (Å²) in [6.45, 7) is 5.54. The number of pyridine rings is 1. The first kappa shape index (κ1) is 26.4. The molecule has 0 saturated carbocycles. The first-order valence-electron chi connectivity index (χ1n) is 13.2. The van der Waals surface area contributed by atoms with Crippen LogP contribution in [-0.2, 0) is 4.79 Å². The number of aromatic nitrogens is 3. The molecule has 1 atom stereocenters. The normalized spacial score (nSPS) is 15.1. The highest BCUT2D eigenvalue weighted by molar-refractivity contribution is 5.95. The van der Waals surface area contributed by atoms with Crippen molar-refractivity contribution in [2.24, 2.45) is 0 Å². The molecule has 39 heavy (non-hydrogen) atoms. The van der Waals surface area contributed by atoms with E-state index in [4.69, 9.17) is 9.47 Å². The van der Waals surface area contributed by atoms with Crippen LogP contribution in [0.5, 0.6) is 17.2 Å². The van der Waals surface area contributed by atoms with E-state index in [9.17, 15) is 4.79 Å². The van der Waals surface area contributed by atoms with Crippen LogP contribution in [0.2, 0.25) is 0 Å². The number of anilines is 2. The number of likely N-dealkylation sites (tertiary alicyclic amines) is 1. The van der Waals surface area contributed by atoms with Gasteiger partial charge in [0.05, 0.1) is 29.7 Å². The van der Waals surface area contributed by atoms with E-state index in [1.54, 1.807) is 12.5 Å². The average Bonchev–Trinajstić information content (AvgIpc) is 3.39. The fourth-order valence-electron chi connectivity index (χ4n) is 4.80. The molecule has 2 aromatic carbocycles. The second-order valence-corrected chi connectivity index (χ2v) is 10.1. The number of carbonyl (C=O) groups excluding carboxylic acids is 1. The summed E-state index contributed by atoms with van der Waals surface area (Å²) >= 11 is 0. The van der Waals surface area contributed by atoms with Crippen LogP contribution in [0.3, 0.4) is 0 Å². The third-order valence-electron chi connectivity index (χ3n) is 6.75. The minimum absolute atomic E-state index is 0.0488. The highest BCUT2D eigenvalue weighted by atomic mass is 16.5. The Morgan fingerprint density at radius 2 is 1.95 bits per heavy atom. The molecular weight excluding hydrogens is 492 g/mol. The van der Waals surface area contributed by atoms with Gasteiger partial charge in [0.1, 0.15) is 36.0 Å². The molecule has 0 aliphatic carbocycles. The third kappa shape index (κ3) is 6.26. The SMILES string of the molecule is Cc1ccc(Oc2ccc(Nc3ncnc4cccc(OC[C@H]5CCCN5C(=O)CN(C)C)c34)cc2C)cn1. The number of fused-ring (bicyclic) bond motifs is 1. The molecule has 1 aliphatic heterocycles. The Kier molecular flexibility index (Phi) is 7.88. The van der Waals surface area contributed by atoms with E-state index in [0.29, 0.717) is 30.5 Å². The number of aryl methyl sites for hydroxylation is 2. The van der Waals surface area contributed by atoms with Gasteiger partial charge in [0, 0.05) is 17.9 Å². The second-order valence-electron chi connectivity index (χ2n) is 10.1. The van der Waals surface area contributed by atoms with Crippen molar-refractivity contribution in [2.45, 2.75) is 32.7 Å². The van der Waals surface area contributed by atoms with Gasteiger partial charge in [-0.25, -0.2) is 9.97 Å². The first-order valence-corrected chi connectivity index (χ1v) is 13.2. The van der Waals surface area contributed by atoms with Crippen LogP contribution in [0.15, 0.2) is 61.1 Å². The van der Waals surface area contributed by atoms with Crippen molar-refractivity contribution in [3.63, 3.8) is 0 Å². The topological polar surface area (TPSA) is 92.7 Å². The predicted molar refractivity (Wildman–Crippen MR) is 152 cm³/mol. The fourth-order valence-corrected chi connectivity index (χ4v) is 4.80. The smallest absolute Gasteiger partial charge is 0.237 e. The number of ether oxygens (including phenoxy) is 2. The van der Waals surface area contributed by atoms with Gasteiger partial charge < -0.3 is 24.6 Å². The van der Waals surface area contributed by atoms with Gasteiger partial charge in [-0.15, -0.1) is 0 Å². The molecule has 1 fully saturated rings. The van der Waals surface area contributed by atoms with Crippen molar-refractivity contribution in [1.29, 1.82) is 0 Å². The van der Waals surface area contributed by atoms with E-state index in [0.717, 1.165) is 53.0 Å². The van der Waals surface area contributed by atoms with E-state index < -0.39 is 0 Å². The Balaban J connectivity index is 1.34. The lowest BCUT2D eigenvalue weighted by molar-refractivity contribution is -0.133. The molecule has 1 aliphatic rings. The van der Waals surface area contributed by atoms with Crippen molar-refractivity contribution < 1.29 is 14.3 Å². The molecule has 4 aromatic rings. The van der Waals surface area contributed by atoms with Crippen LogP contribution in [0.25, 0.3) is 10.9 Å². The number of carbonyl (C=O) groups is 1. The summed E-state index contributed by atoms with van der Waals surface area (Å²) in [5.74, 6) is 2.92. The predicted octanol–water partition coefficient (Wildman–Crippen LogP) is 5.11. The molecule has 0 unspecified atom stereocenters. The number of benzene rings is 2. The lowest BCUT2D eigenvalue weighted by atomic mass is 10.1. The molecule has 1 saturated heterocycles. The monoisotopic (exact) mass is 526 g/mol. The maximum absolute atomic E-state index is 12.7. The van der Waals surface area contributed by atoms with E-state index >= 15 is 0 Å². The summed E-state index contributed by atoms with van der Waals surface area (Å²) in [7, 11) is 3.82. The Labute approximate surface area is 228 Å². The van der Waals surface area contributed by atoms with E-state index in [2.05, 4.69) is 20.3 Å². The van der Waals surface area contributed by atoms with E-state index in [1.165, 1.54) is 0 Å². The summed E-state index contributed by atoms with van der Waals surface area (Å²) in [4.78, 5) is 29.8. The number of nitrogens with zero attached hydrogens (tertiary/aromatic N) is 5. The van der Waals surface area contributed by atoms with Crippen molar-refractivity contribution >= 4 is 28.3 Å². The van der Waals surface area contributed by atoms with Crippen molar-refractivity contribution in [3.05, 3.63) is 72.3 Å². The number of nitrogens with one attached hydrogen (secondary N) is 1. The molecule has 0 spiro atoms. The Hall–Kier alpha value is -4.24. The van der Waals surface area contributed by atoms with Gasteiger partial charge in [-0.3, -0.25) is 9.78 Å². The van der Waals surface area contributed by atoms with Gasteiger partial charge in [0.25, 0.3) is 0 Å². The Bertz CT molecular complexity index is 1450. The zero-order valence-electron chi connectivity index (χ0n) is 22.8. The maximum Gasteiger partial charge on any atom is 0.237 e. The van der Waals surface area contributed by atoms with Gasteiger partial charge in [-0.1, -0.05) is 6.07 Å². The zero-order valence-corrected chi connectivity index (χ0v) is 22.8. The minimum atomic E-state index is 0.0488. The fraction of sp³-hybridized carbons (Fsp3) is 0.333. The molecular formula is C30H34N6O3. The van der Waals surface area contributed by atoms with Gasteiger partial charge in [0.15, 0.2) is 0 Å². The molecule has 5 rings (SSSR count). The summed E-state index contributed by atoms with van der Waals surface area (Å²) < 4.78 is 12.4. The van der Waals surface area contributed by atoms with E-state index in [1.807, 2.05) is 86.3 Å². The van der Waals surface area contributed by atoms with Crippen LogP contribution in [0.4, 0.5) is 11.5 Å². The van der Waals surface area contributed by atoms with Crippen molar-refractivity contribution in [1.82, 2.24) is 24.8 Å². The summed E-state index contributed by atoms with van der Waals surface area (Å²) in [6, 6.07) is 15.6. The third-order valence-corrected chi connectivity index (χ3v) is 6.75. The highest BCUT2D eigenvalue weighted by Crippen LogP contribution is 2.34. The van der Waals surface area contributed by atoms with Crippen LogP contribution in [0, 0.1) is 13.8 Å². The van der Waals surface area contributed by atoms with Gasteiger partial charge in [-0.05, 0) is 88.8 Å². The molecule has 0 radical (unpaired) electrons. The Morgan fingerprint density at radius 3 is 2.72 bits per heavy atom. The quantitative estimate of drug-likeness (QED) is 0.322. The number of hydrogen-bond acceptors (Lipinski definition) is 8. The van der Waals surface area contributed by atoms with Crippen LogP contribution in [-0.4, -0.2) is 70.5 Å². The number of amides is 1. The van der Waals surface area contributed by atoms with Crippen LogP contribution in [0.1, 0.15) is 24.1 Å². The Morgan fingerprint density at radius 1 is 1.08 bits per heavy atom. The standard InChI is InChI=1S/C30H34N6O3/c1-20-15-22(11-13-26(20)39-24-12-10-21(2)31-16-24)34-30-29-25(32-19-33-30)8-5-9-27(29)38-18-23-7-6-14-36(23)28(37)17-35(3)4/h5,8-13,15-16,19,23H,6-7,14,17-18H2,1-4H3,(H,32,33,34)/t23-/m1/s1. The van der Waals surface area contributed by atoms with Crippen LogP contribution < -0.4 is 14.8 Å². The first-order chi connectivity index (χ1) is 18.9. The molecule has 202 valence electrons. The largest absolute Gasteiger partial charge is 0.491 e. The summed E-state index contributed by atoms with van der Waals surface area (Å²) in [6.07, 6.45) is 5.18. The molecule has 9 nitrogen and oxygen atoms in total. The van der Waals surface area contributed by atoms with Gasteiger partial charge in [-0.2, -0.15) is 0 Å². The molecule has 0 bridgehead atoms. The zero-order chi connectivity index (χ0) is 27.4.